The van der Waals surface area contributed by atoms with Gasteiger partial charge in [-0.2, -0.15) is 0 Å². The fourth-order valence-electron chi connectivity index (χ4n) is 3.58. The van der Waals surface area contributed by atoms with Crippen molar-refractivity contribution in [1.82, 2.24) is 4.90 Å². The number of amides is 1. The van der Waals surface area contributed by atoms with Crippen LogP contribution in [-0.4, -0.2) is 24.0 Å². The van der Waals surface area contributed by atoms with E-state index in [0.717, 1.165) is 23.4 Å². The van der Waals surface area contributed by atoms with Gasteiger partial charge in [-0.3, -0.25) is 4.79 Å². The lowest BCUT2D eigenvalue weighted by molar-refractivity contribution is 0.0685. The third-order valence-electron chi connectivity index (χ3n) is 5.07. The summed E-state index contributed by atoms with van der Waals surface area (Å²) in [4.78, 5) is 15.2. The summed E-state index contributed by atoms with van der Waals surface area (Å²) in [6, 6.07) is 25.8. The molecule has 1 atom stereocenters. The van der Waals surface area contributed by atoms with Crippen molar-refractivity contribution in [1.29, 1.82) is 0 Å². The predicted octanol–water partition coefficient (Wildman–Crippen LogP) is 5.06. The Hall–Kier alpha value is -3.53. The first-order valence-electron chi connectivity index (χ1n) is 9.80. The van der Waals surface area contributed by atoms with Crippen LogP contribution >= 0.6 is 0 Å². The average molecular weight is 384 g/mol. The van der Waals surface area contributed by atoms with E-state index in [2.05, 4.69) is 24.0 Å². The summed E-state index contributed by atoms with van der Waals surface area (Å²) >= 11 is 0. The van der Waals surface area contributed by atoms with Gasteiger partial charge < -0.3 is 15.0 Å². The molecular formula is C25H24N2O2. The van der Waals surface area contributed by atoms with Crippen LogP contribution in [0.1, 0.15) is 27.7 Å². The Kier molecular flexibility index (Phi) is 5.61. The van der Waals surface area contributed by atoms with Gasteiger partial charge in [0.2, 0.25) is 0 Å². The topological polar surface area (TPSA) is 41.6 Å². The molecule has 4 rings (SSSR count). The number of hydrogen-bond acceptors (Lipinski definition) is 3. The highest BCUT2D eigenvalue weighted by molar-refractivity contribution is 6.01. The Bertz CT molecular complexity index is 983. The van der Waals surface area contributed by atoms with Crippen LogP contribution in [0.2, 0.25) is 0 Å². The summed E-state index contributed by atoms with van der Waals surface area (Å²) in [5.41, 5.74) is 3.81. The number of nitrogens with one attached hydrogen (secondary N) is 1. The third-order valence-corrected chi connectivity index (χ3v) is 5.07. The molecule has 0 radical (unpaired) electrons. The lowest BCUT2D eigenvalue weighted by Gasteiger charge is -2.38. The van der Waals surface area contributed by atoms with Gasteiger partial charge in [0.05, 0.1) is 5.56 Å². The van der Waals surface area contributed by atoms with Crippen molar-refractivity contribution in [3.63, 3.8) is 0 Å². The van der Waals surface area contributed by atoms with Crippen LogP contribution in [0.5, 0.6) is 5.75 Å². The third kappa shape index (κ3) is 4.16. The van der Waals surface area contributed by atoms with Gasteiger partial charge in [-0.05, 0) is 41.8 Å². The molecule has 1 heterocycles. The highest BCUT2D eigenvalue weighted by Crippen LogP contribution is 2.33. The number of hydrogen-bond donors (Lipinski definition) is 1. The molecule has 0 fully saturated rings. The fourth-order valence-corrected chi connectivity index (χ4v) is 3.58. The number of fused-ring (bicyclic) bond motifs is 1. The molecule has 0 aromatic heterocycles. The van der Waals surface area contributed by atoms with Crippen molar-refractivity contribution >= 4 is 11.6 Å². The van der Waals surface area contributed by atoms with Gasteiger partial charge in [-0.25, -0.2) is 0 Å². The molecule has 4 heteroatoms. The summed E-state index contributed by atoms with van der Waals surface area (Å²) in [6.45, 7) is 4.77. The van der Waals surface area contributed by atoms with Crippen molar-refractivity contribution in [2.45, 2.75) is 12.6 Å². The second-order valence-electron chi connectivity index (χ2n) is 7.00. The minimum Gasteiger partial charge on any atom is -0.490 e. The lowest BCUT2D eigenvalue weighted by atomic mass is 10.0. The fraction of sp³-hybridized carbons (Fsp3) is 0.160. The van der Waals surface area contributed by atoms with Gasteiger partial charge in [-0.15, -0.1) is 0 Å². The van der Waals surface area contributed by atoms with E-state index in [0.29, 0.717) is 18.7 Å². The Morgan fingerprint density at radius 1 is 0.966 bits per heavy atom. The highest BCUT2D eigenvalue weighted by Gasteiger charge is 2.32. The Balaban J connectivity index is 1.61. The maximum Gasteiger partial charge on any atom is 0.257 e. The predicted molar refractivity (Wildman–Crippen MR) is 116 cm³/mol. The van der Waals surface area contributed by atoms with Crippen molar-refractivity contribution in [3.05, 3.63) is 108 Å². The standard InChI is InChI=1S/C25H24N2O2/c1-2-18-29-21-14-12-20(13-15-21)24-26-23-11-7-6-10-22(23)25(28)27(24)17-16-19-8-4-3-5-9-19/h2-15,24,26H,1,16-18H2. The molecule has 1 N–H and O–H groups in total. The lowest BCUT2D eigenvalue weighted by Crippen LogP contribution is -2.43. The number of carbonyl (C=O) groups is 1. The SMILES string of the molecule is C=CCOc1ccc(C2Nc3ccccc3C(=O)N2CCc2ccccc2)cc1. The van der Waals surface area contributed by atoms with E-state index in [-0.39, 0.29) is 12.1 Å². The molecule has 1 aliphatic rings. The molecule has 146 valence electrons. The minimum absolute atomic E-state index is 0.0484. The molecule has 4 nitrogen and oxygen atoms in total. The summed E-state index contributed by atoms with van der Waals surface area (Å²) in [7, 11) is 0. The molecule has 0 saturated carbocycles. The van der Waals surface area contributed by atoms with Crippen molar-refractivity contribution in [2.75, 3.05) is 18.5 Å². The van der Waals surface area contributed by atoms with E-state index in [1.165, 1.54) is 5.56 Å². The first-order valence-corrected chi connectivity index (χ1v) is 9.80. The normalized spacial score (nSPS) is 15.4. The van der Waals surface area contributed by atoms with Gasteiger partial charge in [0.1, 0.15) is 18.5 Å². The van der Waals surface area contributed by atoms with Crippen molar-refractivity contribution < 1.29 is 9.53 Å². The molecule has 0 aliphatic carbocycles. The number of rotatable bonds is 7. The van der Waals surface area contributed by atoms with Gasteiger partial charge >= 0.3 is 0 Å². The molecule has 29 heavy (non-hydrogen) atoms. The van der Waals surface area contributed by atoms with Gasteiger partial charge in [0.15, 0.2) is 0 Å². The highest BCUT2D eigenvalue weighted by atomic mass is 16.5. The monoisotopic (exact) mass is 384 g/mol. The zero-order valence-electron chi connectivity index (χ0n) is 16.3. The van der Waals surface area contributed by atoms with Crippen LogP contribution in [0, 0.1) is 0 Å². The number of carbonyl (C=O) groups excluding carboxylic acids is 1. The van der Waals surface area contributed by atoms with Crippen LogP contribution in [0.25, 0.3) is 0 Å². The maximum absolute atomic E-state index is 13.3. The number of benzene rings is 3. The molecule has 0 bridgehead atoms. The smallest absolute Gasteiger partial charge is 0.257 e. The van der Waals surface area contributed by atoms with E-state index < -0.39 is 0 Å². The van der Waals surface area contributed by atoms with E-state index in [1.807, 2.05) is 71.6 Å². The van der Waals surface area contributed by atoms with Crippen molar-refractivity contribution in [2.24, 2.45) is 0 Å². The molecule has 1 amide bonds. The Morgan fingerprint density at radius 2 is 1.69 bits per heavy atom. The molecule has 3 aromatic rings. The molecule has 1 unspecified atom stereocenters. The van der Waals surface area contributed by atoms with Gasteiger partial charge in [-0.1, -0.05) is 67.3 Å². The van der Waals surface area contributed by atoms with E-state index >= 15 is 0 Å². The van der Waals surface area contributed by atoms with Crippen LogP contribution < -0.4 is 10.1 Å². The summed E-state index contributed by atoms with van der Waals surface area (Å²) in [5.74, 6) is 0.833. The largest absolute Gasteiger partial charge is 0.490 e. The zero-order valence-corrected chi connectivity index (χ0v) is 16.3. The summed E-state index contributed by atoms with van der Waals surface area (Å²) < 4.78 is 5.59. The average Bonchev–Trinajstić information content (AvgIpc) is 2.78. The second kappa shape index (κ2) is 8.65. The van der Waals surface area contributed by atoms with E-state index in [4.69, 9.17) is 4.74 Å². The molecule has 0 saturated heterocycles. The first kappa shape index (κ1) is 18.8. The first-order chi connectivity index (χ1) is 14.3. The van der Waals surface area contributed by atoms with Gasteiger partial charge in [0.25, 0.3) is 5.91 Å². The molecular weight excluding hydrogens is 360 g/mol. The number of nitrogens with zero attached hydrogens (tertiary/aromatic N) is 1. The summed E-state index contributed by atoms with van der Waals surface area (Å²) in [6.07, 6.45) is 2.29. The van der Waals surface area contributed by atoms with Crippen molar-refractivity contribution in [3.8, 4) is 5.75 Å². The van der Waals surface area contributed by atoms with Crippen LogP contribution in [0.15, 0.2) is 91.5 Å². The molecule has 0 spiro atoms. The van der Waals surface area contributed by atoms with Crippen LogP contribution in [0.4, 0.5) is 5.69 Å². The van der Waals surface area contributed by atoms with E-state index in [9.17, 15) is 4.79 Å². The minimum atomic E-state index is -0.227. The van der Waals surface area contributed by atoms with E-state index in [1.54, 1.807) is 6.08 Å². The number of anilines is 1. The number of para-hydroxylation sites is 1. The number of ether oxygens (including phenoxy) is 1. The quantitative estimate of drug-likeness (QED) is 0.579. The van der Waals surface area contributed by atoms with Crippen LogP contribution in [0.3, 0.4) is 0 Å². The zero-order chi connectivity index (χ0) is 20.1. The Labute approximate surface area is 171 Å². The van der Waals surface area contributed by atoms with Crippen LogP contribution in [-0.2, 0) is 6.42 Å². The maximum atomic E-state index is 13.3. The molecule has 1 aliphatic heterocycles. The van der Waals surface area contributed by atoms with Gasteiger partial charge in [0, 0.05) is 12.2 Å². The summed E-state index contributed by atoms with van der Waals surface area (Å²) in [5, 5.41) is 3.54. The Morgan fingerprint density at radius 3 is 2.45 bits per heavy atom. The second-order valence-corrected chi connectivity index (χ2v) is 7.00. The molecule has 3 aromatic carbocycles.